The van der Waals surface area contributed by atoms with E-state index in [1.807, 2.05) is 6.92 Å². The fraction of sp³-hybridized carbons (Fsp3) is 0.167. The molecule has 19 heavy (non-hydrogen) atoms. The number of aryl methyl sites for hydroxylation is 1. The maximum atomic E-state index is 12.0. The first-order chi connectivity index (χ1) is 8.99. The van der Waals surface area contributed by atoms with Gasteiger partial charge in [-0.05, 0) is 19.1 Å². The van der Waals surface area contributed by atoms with Gasteiger partial charge in [0.15, 0.2) is 0 Å². The molecule has 7 heteroatoms. The number of nitrogens with zero attached hydrogens (tertiary/aromatic N) is 1. The van der Waals surface area contributed by atoms with Gasteiger partial charge < -0.3 is 11.1 Å². The van der Waals surface area contributed by atoms with Crippen molar-refractivity contribution in [1.82, 2.24) is 10.3 Å². The molecule has 0 saturated heterocycles. The molecule has 0 aliphatic heterocycles. The minimum Gasteiger partial charge on any atom is -0.396 e. The predicted octanol–water partition coefficient (Wildman–Crippen LogP) is 3.27. The molecule has 2 aromatic rings. The number of aromatic nitrogens is 1. The molecule has 1 aromatic carbocycles. The number of halogens is 2. The lowest BCUT2D eigenvalue weighted by molar-refractivity contribution is 0.0951. The quantitative estimate of drug-likeness (QED) is 0.854. The number of amides is 1. The van der Waals surface area contributed by atoms with Crippen LogP contribution >= 0.6 is 34.5 Å². The second kappa shape index (κ2) is 5.77. The van der Waals surface area contributed by atoms with Gasteiger partial charge in [0.2, 0.25) is 0 Å². The van der Waals surface area contributed by atoms with Crippen LogP contribution in [0.1, 0.15) is 20.9 Å². The molecule has 0 saturated carbocycles. The number of hydrogen-bond acceptors (Lipinski definition) is 4. The van der Waals surface area contributed by atoms with E-state index < -0.39 is 0 Å². The Labute approximate surface area is 124 Å². The molecule has 0 atom stereocenters. The molecule has 2 rings (SSSR count). The molecule has 1 heterocycles. The van der Waals surface area contributed by atoms with E-state index in [2.05, 4.69) is 10.3 Å². The minimum atomic E-state index is -0.253. The van der Waals surface area contributed by atoms with Gasteiger partial charge in [0.05, 0.1) is 33.5 Å². The zero-order chi connectivity index (χ0) is 14.0. The zero-order valence-corrected chi connectivity index (χ0v) is 12.4. The Bertz CT molecular complexity index is 604. The SMILES string of the molecule is Cc1ncsc1CNC(=O)c1cc(Cl)c(N)c(Cl)c1. The largest absolute Gasteiger partial charge is 0.396 e. The van der Waals surface area contributed by atoms with Crippen molar-refractivity contribution < 1.29 is 4.79 Å². The average molecular weight is 316 g/mol. The Morgan fingerprint density at radius 2 is 2.05 bits per heavy atom. The Kier molecular flexibility index (Phi) is 4.29. The topological polar surface area (TPSA) is 68.0 Å². The van der Waals surface area contributed by atoms with Crippen LogP contribution in [0.4, 0.5) is 5.69 Å². The van der Waals surface area contributed by atoms with Crippen LogP contribution in [0.5, 0.6) is 0 Å². The number of carbonyl (C=O) groups excluding carboxylic acids is 1. The highest BCUT2D eigenvalue weighted by Gasteiger charge is 2.11. The summed E-state index contributed by atoms with van der Waals surface area (Å²) in [6.07, 6.45) is 0. The standard InChI is InChI=1S/C12H11Cl2N3OS/c1-6-10(19-5-17-6)4-16-12(18)7-2-8(13)11(15)9(14)3-7/h2-3,5H,4,15H2,1H3,(H,16,18). The van der Waals surface area contributed by atoms with Crippen molar-refractivity contribution in [2.75, 3.05) is 5.73 Å². The minimum absolute atomic E-state index is 0.253. The van der Waals surface area contributed by atoms with Gasteiger partial charge in [-0.25, -0.2) is 4.98 Å². The Morgan fingerprint density at radius 3 is 2.58 bits per heavy atom. The van der Waals surface area contributed by atoms with Crippen molar-refractivity contribution in [3.05, 3.63) is 43.8 Å². The van der Waals surface area contributed by atoms with E-state index in [9.17, 15) is 4.79 Å². The highest BCUT2D eigenvalue weighted by Crippen LogP contribution is 2.28. The van der Waals surface area contributed by atoms with Crippen molar-refractivity contribution >= 4 is 46.1 Å². The highest BCUT2D eigenvalue weighted by atomic mass is 35.5. The van der Waals surface area contributed by atoms with Gasteiger partial charge >= 0.3 is 0 Å². The van der Waals surface area contributed by atoms with Crippen molar-refractivity contribution in [2.24, 2.45) is 0 Å². The lowest BCUT2D eigenvalue weighted by atomic mass is 10.2. The van der Waals surface area contributed by atoms with Crippen LogP contribution in [0, 0.1) is 6.92 Å². The molecule has 3 N–H and O–H groups in total. The third-order valence-electron chi connectivity index (χ3n) is 2.60. The number of benzene rings is 1. The van der Waals surface area contributed by atoms with Gasteiger partial charge in [-0.15, -0.1) is 11.3 Å². The molecular weight excluding hydrogens is 305 g/mol. The summed E-state index contributed by atoms with van der Waals surface area (Å²) in [6.45, 7) is 2.32. The molecule has 100 valence electrons. The van der Waals surface area contributed by atoms with E-state index in [0.717, 1.165) is 10.6 Å². The summed E-state index contributed by atoms with van der Waals surface area (Å²) in [5.41, 5.74) is 8.94. The molecule has 0 aliphatic carbocycles. The average Bonchev–Trinajstić information content (AvgIpc) is 2.78. The maximum Gasteiger partial charge on any atom is 0.251 e. The second-order valence-electron chi connectivity index (χ2n) is 3.90. The Hall–Kier alpha value is -1.30. The molecule has 0 radical (unpaired) electrons. The summed E-state index contributed by atoms with van der Waals surface area (Å²) in [7, 11) is 0. The monoisotopic (exact) mass is 315 g/mol. The van der Waals surface area contributed by atoms with Gasteiger partial charge in [-0.1, -0.05) is 23.2 Å². The zero-order valence-electron chi connectivity index (χ0n) is 10.0. The fourth-order valence-electron chi connectivity index (χ4n) is 1.47. The van der Waals surface area contributed by atoms with Crippen LogP contribution in [0.15, 0.2) is 17.6 Å². The Balaban J connectivity index is 2.10. The summed E-state index contributed by atoms with van der Waals surface area (Å²) >= 11 is 13.3. The van der Waals surface area contributed by atoms with E-state index >= 15 is 0 Å². The smallest absolute Gasteiger partial charge is 0.251 e. The lowest BCUT2D eigenvalue weighted by Gasteiger charge is -2.07. The summed E-state index contributed by atoms with van der Waals surface area (Å²) in [6, 6.07) is 3.00. The van der Waals surface area contributed by atoms with Crippen LogP contribution in [-0.4, -0.2) is 10.9 Å². The lowest BCUT2D eigenvalue weighted by Crippen LogP contribution is -2.22. The number of anilines is 1. The number of rotatable bonds is 3. The number of hydrogen-bond donors (Lipinski definition) is 2. The first kappa shape index (κ1) is 14.1. The summed E-state index contributed by atoms with van der Waals surface area (Å²) in [5, 5.41) is 3.33. The fourth-order valence-corrected chi connectivity index (χ4v) is 2.68. The van der Waals surface area contributed by atoms with E-state index in [-0.39, 0.29) is 21.6 Å². The van der Waals surface area contributed by atoms with Gasteiger partial charge in [0, 0.05) is 10.4 Å². The van der Waals surface area contributed by atoms with Crippen LogP contribution in [0.2, 0.25) is 10.0 Å². The van der Waals surface area contributed by atoms with Gasteiger partial charge in [0.1, 0.15) is 0 Å². The molecule has 0 bridgehead atoms. The van der Waals surface area contributed by atoms with Crippen molar-refractivity contribution in [3.63, 3.8) is 0 Å². The summed E-state index contributed by atoms with van der Waals surface area (Å²) in [5.74, 6) is -0.253. The molecular formula is C12H11Cl2N3OS. The molecule has 0 fully saturated rings. The number of nitrogen functional groups attached to an aromatic ring is 1. The summed E-state index contributed by atoms with van der Waals surface area (Å²) in [4.78, 5) is 17.1. The van der Waals surface area contributed by atoms with E-state index in [4.69, 9.17) is 28.9 Å². The van der Waals surface area contributed by atoms with Gasteiger partial charge in [-0.2, -0.15) is 0 Å². The molecule has 0 unspecified atom stereocenters. The molecule has 4 nitrogen and oxygen atoms in total. The van der Waals surface area contributed by atoms with Crippen LogP contribution in [-0.2, 0) is 6.54 Å². The molecule has 0 spiro atoms. The number of nitrogens with one attached hydrogen (secondary N) is 1. The number of thiazole rings is 1. The van der Waals surface area contributed by atoms with E-state index in [1.165, 1.54) is 23.5 Å². The molecule has 0 aliphatic rings. The third kappa shape index (κ3) is 3.18. The van der Waals surface area contributed by atoms with Gasteiger partial charge in [-0.3, -0.25) is 4.79 Å². The van der Waals surface area contributed by atoms with Crippen molar-refractivity contribution in [2.45, 2.75) is 13.5 Å². The second-order valence-corrected chi connectivity index (χ2v) is 5.65. The first-order valence-electron chi connectivity index (χ1n) is 5.40. The number of carbonyl (C=O) groups is 1. The Morgan fingerprint density at radius 1 is 1.42 bits per heavy atom. The molecule has 1 amide bonds. The molecule has 1 aromatic heterocycles. The van der Waals surface area contributed by atoms with Gasteiger partial charge in [0.25, 0.3) is 5.91 Å². The van der Waals surface area contributed by atoms with Crippen LogP contribution in [0.25, 0.3) is 0 Å². The maximum absolute atomic E-state index is 12.0. The van der Waals surface area contributed by atoms with Crippen molar-refractivity contribution in [3.8, 4) is 0 Å². The predicted molar refractivity (Wildman–Crippen MR) is 78.9 cm³/mol. The number of nitrogens with two attached hydrogens (primary N) is 1. The van der Waals surface area contributed by atoms with Crippen LogP contribution < -0.4 is 11.1 Å². The van der Waals surface area contributed by atoms with E-state index in [1.54, 1.807) is 5.51 Å². The highest BCUT2D eigenvalue weighted by molar-refractivity contribution is 7.09. The first-order valence-corrected chi connectivity index (χ1v) is 7.04. The van der Waals surface area contributed by atoms with E-state index in [0.29, 0.717) is 12.1 Å². The summed E-state index contributed by atoms with van der Waals surface area (Å²) < 4.78 is 0. The van der Waals surface area contributed by atoms with Crippen LogP contribution in [0.3, 0.4) is 0 Å². The normalized spacial score (nSPS) is 10.5. The third-order valence-corrected chi connectivity index (χ3v) is 4.16. The van der Waals surface area contributed by atoms with Crippen molar-refractivity contribution in [1.29, 1.82) is 0 Å².